The Morgan fingerprint density at radius 2 is 1.14 bits per heavy atom. The van der Waals surface area contributed by atoms with Crippen molar-refractivity contribution in [2.75, 3.05) is 6.61 Å². The van der Waals surface area contributed by atoms with Crippen LogP contribution >= 0.6 is 11.6 Å². The highest BCUT2D eigenvalue weighted by atomic mass is 35.5. The lowest BCUT2D eigenvalue weighted by Gasteiger charge is -2.31. The lowest BCUT2D eigenvalue weighted by molar-refractivity contribution is -0.134. The number of carbonyl (C=O) groups excluding carboxylic acids is 2. The van der Waals surface area contributed by atoms with Gasteiger partial charge in [-0.05, 0) is 99.6 Å². The number of carbonyl (C=O) groups is 2. The van der Waals surface area contributed by atoms with Gasteiger partial charge in [0.2, 0.25) is 0 Å². The van der Waals surface area contributed by atoms with Crippen molar-refractivity contribution >= 4 is 40.2 Å². The normalized spacial score (nSPS) is 12.7. The van der Waals surface area contributed by atoms with Crippen LogP contribution in [0.15, 0.2) is 48.5 Å². The van der Waals surface area contributed by atoms with Crippen molar-refractivity contribution in [2.24, 2.45) is 5.92 Å². The number of rotatable bonds is 20. The second-order valence-electron chi connectivity index (χ2n) is 13.2. The average Bonchev–Trinajstić information content (AvgIpc) is 2.93. The largest absolute Gasteiger partial charge is 0.494 e. The van der Waals surface area contributed by atoms with Gasteiger partial charge < -0.3 is 18.3 Å². The Morgan fingerprint density at radius 3 is 1.65 bits per heavy atom. The highest BCUT2D eigenvalue weighted by Gasteiger charge is 2.28. The van der Waals surface area contributed by atoms with Crippen molar-refractivity contribution in [1.82, 2.24) is 0 Å². The van der Waals surface area contributed by atoms with Crippen LogP contribution in [0.25, 0.3) is 0 Å². The number of benzene rings is 2. The topological polar surface area (TPSA) is 71.1 Å². The summed E-state index contributed by atoms with van der Waals surface area (Å²) in [4.78, 5) is 24.5. The number of alkyl halides is 1. The maximum absolute atomic E-state index is 12.5. The maximum Gasteiger partial charge on any atom is 0.343 e. The number of ether oxygens (including phenoxy) is 3. The Kier molecular flexibility index (Phi) is 16.0. The smallest absolute Gasteiger partial charge is 0.343 e. The maximum atomic E-state index is 12.5. The molecule has 1 atom stereocenters. The number of hydrogen-bond acceptors (Lipinski definition) is 6. The molecule has 0 amide bonds. The molecule has 9 heteroatoms. The van der Waals surface area contributed by atoms with Gasteiger partial charge in [0, 0.05) is 0 Å². The number of halogens is 1. The molecule has 1 unspecified atom stereocenters. The number of unbranched alkanes of at least 4 members (excludes halogenated alkanes) is 8. The molecule has 0 aromatic heterocycles. The van der Waals surface area contributed by atoms with E-state index < -0.39 is 34.0 Å². The Labute approximate surface area is 267 Å². The summed E-state index contributed by atoms with van der Waals surface area (Å²) in [6.45, 7) is 16.0. The van der Waals surface area contributed by atoms with Gasteiger partial charge in [0.1, 0.15) is 22.6 Å². The van der Waals surface area contributed by atoms with Gasteiger partial charge >= 0.3 is 11.9 Å². The molecular formula is C34H53ClO6Si2. The second kappa shape index (κ2) is 18.6. The first-order chi connectivity index (χ1) is 20.3. The summed E-state index contributed by atoms with van der Waals surface area (Å²) >= 11 is 6.04. The van der Waals surface area contributed by atoms with Crippen LogP contribution in [-0.4, -0.2) is 40.6 Å². The lowest BCUT2D eigenvalue weighted by atomic mass is 10.1. The summed E-state index contributed by atoms with van der Waals surface area (Å²) in [5, 5.41) is -0.723. The molecule has 0 saturated carbocycles. The van der Waals surface area contributed by atoms with Crippen molar-refractivity contribution in [3.05, 3.63) is 54.1 Å². The van der Waals surface area contributed by atoms with E-state index in [1.807, 2.05) is 13.8 Å². The average molecular weight is 649 g/mol. The quantitative estimate of drug-likeness (QED) is 0.0468. The molecule has 240 valence electrons. The molecular weight excluding hydrogens is 596 g/mol. The summed E-state index contributed by atoms with van der Waals surface area (Å²) < 4.78 is 23.0. The molecule has 2 aromatic carbocycles. The monoisotopic (exact) mass is 648 g/mol. The first-order valence-corrected chi connectivity index (χ1v) is 22.8. The Morgan fingerprint density at radius 1 is 0.674 bits per heavy atom. The third-order valence-electron chi connectivity index (χ3n) is 6.93. The van der Waals surface area contributed by atoms with E-state index in [-0.39, 0.29) is 5.92 Å². The molecule has 0 aliphatic heterocycles. The Bertz CT molecular complexity index is 1100. The predicted molar refractivity (Wildman–Crippen MR) is 182 cm³/mol. The first-order valence-electron chi connectivity index (χ1n) is 15.9. The van der Waals surface area contributed by atoms with Crippen LogP contribution in [0.4, 0.5) is 0 Å². The fourth-order valence-electron chi connectivity index (χ4n) is 4.83. The molecule has 0 heterocycles. The number of hydrogen-bond donors (Lipinski definition) is 0. The molecule has 0 bridgehead atoms. The van der Waals surface area contributed by atoms with E-state index >= 15 is 0 Å². The van der Waals surface area contributed by atoms with Crippen molar-refractivity contribution in [2.45, 2.75) is 116 Å². The van der Waals surface area contributed by atoms with E-state index in [0.29, 0.717) is 23.7 Å². The van der Waals surface area contributed by atoms with Gasteiger partial charge in [-0.1, -0.05) is 65.2 Å². The van der Waals surface area contributed by atoms with Crippen LogP contribution in [0.3, 0.4) is 0 Å². The highest BCUT2D eigenvalue weighted by molar-refractivity contribution is 6.84. The van der Waals surface area contributed by atoms with Gasteiger partial charge in [-0.25, -0.2) is 4.79 Å². The van der Waals surface area contributed by atoms with Crippen LogP contribution in [-0.2, 0) is 8.91 Å². The van der Waals surface area contributed by atoms with Crippen LogP contribution in [0, 0.1) is 5.92 Å². The van der Waals surface area contributed by atoms with E-state index in [9.17, 15) is 9.59 Å². The summed E-state index contributed by atoms with van der Waals surface area (Å²) in [5.41, 5.74) is 0.426. The zero-order valence-corrected chi connectivity index (χ0v) is 30.1. The summed E-state index contributed by atoms with van der Waals surface area (Å²) in [5.74, 6) is 0.413. The molecule has 2 aromatic rings. The molecule has 2 rings (SSSR count). The lowest BCUT2D eigenvalue weighted by Crippen LogP contribution is -2.42. The van der Waals surface area contributed by atoms with Crippen molar-refractivity contribution in [3.63, 3.8) is 0 Å². The molecule has 0 radical (unpaired) electrons. The minimum Gasteiger partial charge on any atom is -0.494 e. The summed E-state index contributed by atoms with van der Waals surface area (Å²) in [6.07, 6.45) is 11.3. The molecule has 0 spiro atoms. The molecule has 0 aliphatic rings. The Balaban J connectivity index is 1.55. The molecule has 43 heavy (non-hydrogen) atoms. The van der Waals surface area contributed by atoms with Crippen LogP contribution in [0.2, 0.25) is 38.8 Å². The van der Waals surface area contributed by atoms with Gasteiger partial charge in [0.05, 0.1) is 12.2 Å². The van der Waals surface area contributed by atoms with Gasteiger partial charge in [-0.15, -0.1) is 11.6 Å². The van der Waals surface area contributed by atoms with Gasteiger partial charge in [-0.2, -0.15) is 0 Å². The van der Waals surface area contributed by atoms with Crippen molar-refractivity contribution in [3.8, 4) is 17.2 Å². The Hall–Kier alpha value is -2.14. The van der Waals surface area contributed by atoms with Crippen LogP contribution < -0.4 is 14.2 Å². The SMILES string of the molecule is CC(C)C(Cl)C(=O)Oc1ccc(OC(=O)c2ccc(OCCCCCCCCCCC[Si](C)(C)O[Si](C)(C)C)cc2)cc1. The standard InChI is InChI=1S/C34H53ClO6Si2/c1-27(2)32(35)34(37)40-31-23-21-30(22-24-31)39-33(36)28-17-19-29(20-18-28)38-25-15-13-11-9-8-10-12-14-16-26-43(6,7)41-42(3,4)5/h17-24,27,32H,8-16,25-26H2,1-7H3. The van der Waals surface area contributed by atoms with E-state index in [1.54, 1.807) is 48.5 Å². The van der Waals surface area contributed by atoms with Crippen molar-refractivity contribution in [1.29, 1.82) is 0 Å². The van der Waals surface area contributed by atoms with Crippen molar-refractivity contribution < 1.29 is 27.9 Å². The highest BCUT2D eigenvalue weighted by Crippen LogP contribution is 2.23. The summed E-state index contributed by atoms with van der Waals surface area (Å²) in [6, 6.07) is 14.5. The molecule has 0 saturated heterocycles. The van der Waals surface area contributed by atoms with E-state index in [4.69, 9.17) is 29.9 Å². The first kappa shape index (κ1) is 37.1. The van der Waals surface area contributed by atoms with E-state index in [1.165, 1.54) is 57.4 Å². The number of esters is 2. The van der Waals surface area contributed by atoms with E-state index in [2.05, 4.69) is 32.7 Å². The fourth-order valence-corrected chi connectivity index (χ4v) is 13.0. The third kappa shape index (κ3) is 15.9. The molecule has 0 aliphatic carbocycles. The molecule has 0 N–H and O–H groups in total. The summed E-state index contributed by atoms with van der Waals surface area (Å²) in [7, 11) is -2.89. The van der Waals surface area contributed by atoms with Gasteiger partial charge in [-0.3, -0.25) is 4.79 Å². The van der Waals surface area contributed by atoms with Crippen LogP contribution in [0.1, 0.15) is 82.0 Å². The van der Waals surface area contributed by atoms with E-state index in [0.717, 1.165) is 12.2 Å². The zero-order valence-electron chi connectivity index (χ0n) is 27.4. The molecule has 0 fully saturated rings. The minimum absolute atomic E-state index is 0.0357. The minimum atomic E-state index is -1.48. The van der Waals surface area contributed by atoms with Gasteiger partial charge in [0.25, 0.3) is 0 Å². The van der Waals surface area contributed by atoms with Crippen LogP contribution in [0.5, 0.6) is 17.2 Å². The molecule has 6 nitrogen and oxygen atoms in total. The van der Waals surface area contributed by atoms with Gasteiger partial charge in [0.15, 0.2) is 16.6 Å². The fraction of sp³-hybridized carbons (Fsp3) is 0.588. The second-order valence-corrected chi connectivity index (χ2v) is 22.7. The predicted octanol–water partition coefficient (Wildman–Crippen LogP) is 10.0. The zero-order chi connectivity index (χ0) is 31.9. The third-order valence-corrected chi connectivity index (χ3v) is 13.8.